The topological polar surface area (TPSA) is 75.4 Å². The van der Waals surface area contributed by atoms with Gasteiger partial charge in [0.1, 0.15) is 0 Å². The van der Waals surface area contributed by atoms with Crippen molar-refractivity contribution in [3.63, 3.8) is 0 Å². The molecular weight excluding hydrogens is 242 g/mol. The van der Waals surface area contributed by atoms with E-state index in [-0.39, 0.29) is 11.8 Å². The van der Waals surface area contributed by atoms with Gasteiger partial charge in [-0.1, -0.05) is 12.1 Å². The fourth-order valence-electron chi connectivity index (χ4n) is 1.63. The maximum absolute atomic E-state index is 11.6. The summed E-state index contributed by atoms with van der Waals surface area (Å²) in [6.45, 7) is 0.382. The highest BCUT2D eigenvalue weighted by Crippen LogP contribution is 2.08. The van der Waals surface area contributed by atoms with E-state index in [1.165, 1.54) is 4.90 Å². The van der Waals surface area contributed by atoms with Gasteiger partial charge in [-0.2, -0.15) is 0 Å². The molecule has 0 atom stereocenters. The largest absolute Gasteiger partial charge is 0.399 e. The minimum Gasteiger partial charge on any atom is -0.399 e. The van der Waals surface area contributed by atoms with Crippen molar-refractivity contribution in [3.05, 3.63) is 29.8 Å². The van der Waals surface area contributed by atoms with Gasteiger partial charge in [0, 0.05) is 39.2 Å². The van der Waals surface area contributed by atoms with E-state index in [0.29, 0.717) is 31.5 Å². The van der Waals surface area contributed by atoms with Gasteiger partial charge in [-0.05, 0) is 24.1 Å². The lowest BCUT2D eigenvalue weighted by atomic mass is 10.1. The zero-order chi connectivity index (χ0) is 14.3. The fourth-order valence-corrected chi connectivity index (χ4v) is 1.63. The molecule has 1 aromatic carbocycles. The molecule has 0 saturated heterocycles. The second-order valence-electron chi connectivity index (χ2n) is 4.63. The van der Waals surface area contributed by atoms with Crippen LogP contribution in [0.5, 0.6) is 0 Å². The lowest BCUT2D eigenvalue weighted by Crippen LogP contribution is -2.30. The molecule has 0 aromatic heterocycles. The quantitative estimate of drug-likeness (QED) is 0.745. The molecule has 2 amide bonds. The Bertz CT molecular complexity index is 444. The zero-order valence-electron chi connectivity index (χ0n) is 11.5. The van der Waals surface area contributed by atoms with Crippen molar-refractivity contribution in [1.29, 1.82) is 0 Å². The van der Waals surface area contributed by atoms with Crippen LogP contribution in [0.15, 0.2) is 24.3 Å². The first-order chi connectivity index (χ1) is 8.99. The average molecular weight is 263 g/mol. The third-order valence-corrected chi connectivity index (χ3v) is 2.75. The molecule has 19 heavy (non-hydrogen) atoms. The van der Waals surface area contributed by atoms with E-state index in [9.17, 15) is 9.59 Å². The maximum atomic E-state index is 11.6. The minimum atomic E-state index is -0.0472. The van der Waals surface area contributed by atoms with E-state index in [4.69, 9.17) is 5.73 Å². The van der Waals surface area contributed by atoms with Crippen molar-refractivity contribution in [2.45, 2.75) is 19.3 Å². The summed E-state index contributed by atoms with van der Waals surface area (Å²) in [6, 6.07) is 7.50. The van der Waals surface area contributed by atoms with Gasteiger partial charge in [-0.25, -0.2) is 0 Å². The predicted molar refractivity (Wildman–Crippen MR) is 75.5 cm³/mol. The van der Waals surface area contributed by atoms with Crippen LogP contribution in [-0.4, -0.2) is 37.4 Å². The number of carbonyl (C=O) groups excluding carboxylic acids is 2. The smallest absolute Gasteiger partial charge is 0.223 e. The van der Waals surface area contributed by atoms with Crippen molar-refractivity contribution in [1.82, 2.24) is 10.2 Å². The maximum Gasteiger partial charge on any atom is 0.223 e. The van der Waals surface area contributed by atoms with Crippen molar-refractivity contribution >= 4 is 17.5 Å². The van der Waals surface area contributed by atoms with Gasteiger partial charge in [0.25, 0.3) is 0 Å². The lowest BCUT2D eigenvalue weighted by Gasteiger charge is -2.10. The number of nitrogen functional groups attached to an aromatic ring is 1. The molecule has 5 nitrogen and oxygen atoms in total. The van der Waals surface area contributed by atoms with Crippen LogP contribution >= 0.6 is 0 Å². The summed E-state index contributed by atoms with van der Waals surface area (Å²) in [4.78, 5) is 24.4. The van der Waals surface area contributed by atoms with Crippen LogP contribution in [-0.2, 0) is 16.0 Å². The van der Waals surface area contributed by atoms with E-state index < -0.39 is 0 Å². The van der Waals surface area contributed by atoms with E-state index in [1.807, 2.05) is 24.3 Å². The Labute approximate surface area is 113 Å². The predicted octanol–water partition coefficient (Wildman–Crippen LogP) is 0.796. The second kappa shape index (κ2) is 7.41. The van der Waals surface area contributed by atoms with Crippen LogP contribution in [0, 0.1) is 0 Å². The Morgan fingerprint density at radius 1 is 1.26 bits per heavy atom. The normalized spacial score (nSPS) is 10.0. The van der Waals surface area contributed by atoms with Crippen LogP contribution in [0.4, 0.5) is 5.69 Å². The number of hydrogen-bond donors (Lipinski definition) is 2. The Morgan fingerprint density at radius 2 is 2.00 bits per heavy atom. The van der Waals surface area contributed by atoms with Crippen LogP contribution in [0.2, 0.25) is 0 Å². The highest BCUT2D eigenvalue weighted by molar-refractivity contribution is 5.78. The number of rotatable bonds is 6. The van der Waals surface area contributed by atoms with E-state index in [1.54, 1.807) is 14.1 Å². The summed E-state index contributed by atoms with van der Waals surface area (Å²) >= 11 is 0. The van der Waals surface area contributed by atoms with E-state index in [2.05, 4.69) is 5.32 Å². The number of nitrogens with two attached hydrogens (primary N) is 1. The standard InChI is InChI=1S/C14H21N3O2/c1-17(2)14(19)8-9-16-13(18)7-6-11-4-3-5-12(15)10-11/h3-5,10H,6-9,15H2,1-2H3,(H,16,18). The summed E-state index contributed by atoms with van der Waals surface area (Å²) in [5.41, 5.74) is 7.41. The van der Waals surface area contributed by atoms with Gasteiger partial charge < -0.3 is 16.0 Å². The van der Waals surface area contributed by atoms with Gasteiger partial charge in [0.05, 0.1) is 0 Å². The number of carbonyl (C=O) groups is 2. The molecule has 0 fully saturated rings. The van der Waals surface area contributed by atoms with Gasteiger partial charge >= 0.3 is 0 Å². The molecule has 0 unspecified atom stereocenters. The van der Waals surface area contributed by atoms with Crippen LogP contribution in [0.1, 0.15) is 18.4 Å². The highest BCUT2D eigenvalue weighted by Gasteiger charge is 2.06. The molecule has 3 N–H and O–H groups in total. The molecule has 1 rings (SSSR count). The van der Waals surface area contributed by atoms with Crippen molar-refractivity contribution in [3.8, 4) is 0 Å². The van der Waals surface area contributed by atoms with Gasteiger partial charge in [0.15, 0.2) is 0 Å². The monoisotopic (exact) mass is 263 g/mol. The lowest BCUT2D eigenvalue weighted by molar-refractivity contribution is -0.128. The summed E-state index contributed by atoms with van der Waals surface area (Å²) in [5.74, 6) is -0.0369. The minimum absolute atomic E-state index is 0.0103. The first kappa shape index (κ1) is 15.0. The van der Waals surface area contributed by atoms with Gasteiger partial charge in [-0.3, -0.25) is 9.59 Å². The van der Waals surface area contributed by atoms with Crippen molar-refractivity contribution < 1.29 is 9.59 Å². The van der Waals surface area contributed by atoms with Gasteiger partial charge in [-0.15, -0.1) is 0 Å². The SMILES string of the molecule is CN(C)C(=O)CCNC(=O)CCc1cccc(N)c1. The second-order valence-corrected chi connectivity index (χ2v) is 4.63. The summed E-state index contributed by atoms with van der Waals surface area (Å²) < 4.78 is 0. The van der Waals surface area contributed by atoms with Crippen LogP contribution in [0.25, 0.3) is 0 Å². The fraction of sp³-hybridized carbons (Fsp3) is 0.429. The number of hydrogen-bond acceptors (Lipinski definition) is 3. The van der Waals surface area contributed by atoms with Crippen molar-refractivity contribution in [2.75, 3.05) is 26.4 Å². The average Bonchev–Trinajstić information content (AvgIpc) is 2.36. The Balaban J connectivity index is 2.23. The van der Waals surface area contributed by atoms with Crippen LogP contribution in [0.3, 0.4) is 0 Å². The first-order valence-corrected chi connectivity index (χ1v) is 6.30. The highest BCUT2D eigenvalue weighted by atomic mass is 16.2. The first-order valence-electron chi connectivity index (χ1n) is 6.30. The number of benzene rings is 1. The molecule has 0 bridgehead atoms. The number of amides is 2. The van der Waals surface area contributed by atoms with E-state index in [0.717, 1.165) is 5.56 Å². The van der Waals surface area contributed by atoms with E-state index >= 15 is 0 Å². The molecule has 0 aliphatic carbocycles. The molecule has 104 valence electrons. The number of nitrogens with zero attached hydrogens (tertiary/aromatic N) is 1. The van der Waals surface area contributed by atoms with Crippen molar-refractivity contribution in [2.24, 2.45) is 0 Å². The Kier molecular flexibility index (Phi) is 5.85. The molecular formula is C14H21N3O2. The molecule has 0 radical (unpaired) electrons. The zero-order valence-corrected chi connectivity index (χ0v) is 11.5. The Hall–Kier alpha value is -2.04. The molecule has 5 heteroatoms. The summed E-state index contributed by atoms with van der Waals surface area (Å²) in [5, 5.41) is 2.74. The Morgan fingerprint density at radius 3 is 2.63 bits per heavy atom. The molecule has 0 spiro atoms. The van der Waals surface area contributed by atoms with Crippen LogP contribution < -0.4 is 11.1 Å². The molecule has 0 saturated carbocycles. The summed E-state index contributed by atoms with van der Waals surface area (Å²) in [7, 11) is 3.40. The number of aryl methyl sites for hydroxylation is 1. The van der Waals surface area contributed by atoms with Gasteiger partial charge in [0.2, 0.25) is 11.8 Å². The third kappa shape index (κ3) is 5.90. The molecule has 1 aromatic rings. The third-order valence-electron chi connectivity index (χ3n) is 2.75. The molecule has 0 heterocycles. The number of nitrogens with one attached hydrogen (secondary N) is 1. The molecule has 0 aliphatic heterocycles. The number of anilines is 1. The molecule has 0 aliphatic rings. The summed E-state index contributed by atoms with van der Waals surface area (Å²) in [6.07, 6.45) is 1.38.